The number of fused-ring (bicyclic) bond motifs is 1. The molecule has 8 heteroatoms. The lowest BCUT2D eigenvalue weighted by atomic mass is 9.96. The van der Waals surface area contributed by atoms with Crippen LogP contribution in [0.15, 0.2) is 53.6 Å². The minimum absolute atomic E-state index is 0.134. The molecule has 1 aromatic heterocycles. The molecule has 0 saturated carbocycles. The summed E-state index contributed by atoms with van der Waals surface area (Å²) in [5, 5.41) is 3.32. The van der Waals surface area contributed by atoms with Crippen LogP contribution in [-0.4, -0.2) is 40.9 Å². The first-order valence-corrected chi connectivity index (χ1v) is 12.0. The van der Waals surface area contributed by atoms with Gasteiger partial charge in [-0.3, -0.25) is 4.79 Å². The summed E-state index contributed by atoms with van der Waals surface area (Å²) in [6.45, 7) is 6.39. The highest BCUT2D eigenvalue weighted by molar-refractivity contribution is 8.00. The van der Waals surface area contributed by atoms with Crippen molar-refractivity contribution in [3.63, 3.8) is 0 Å². The lowest BCUT2D eigenvalue weighted by Gasteiger charge is -2.32. The van der Waals surface area contributed by atoms with Crippen LogP contribution in [0.5, 0.6) is 11.5 Å². The van der Waals surface area contributed by atoms with Crippen LogP contribution in [-0.2, 0) is 22.6 Å². The number of thioether (sulfide) groups is 1. The number of methoxy groups -OCH3 is 2. The fourth-order valence-electron chi connectivity index (χ4n) is 3.69. The highest BCUT2D eigenvalue weighted by Gasteiger charge is 2.31. The largest absolute Gasteiger partial charge is 0.497 e. The summed E-state index contributed by atoms with van der Waals surface area (Å²) in [6.07, 6.45) is 0.670. The molecule has 1 amide bonds. The lowest BCUT2D eigenvalue weighted by Crippen LogP contribution is -2.33. The van der Waals surface area contributed by atoms with E-state index in [9.17, 15) is 4.79 Å². The van der Waals surface area contributed by atoms with Gasteiger partial charge in [0.25, 0.3) is 0 Å². The second kappa shape index (κ2) is 10.0. The number of hydrogen-bond donors (Lipinski definition) is 1. The molecule has 1 atom stereocenters. The second-order valence-electron chi connectivity index (χ2n) is 8.68. The van der Waals surface area contributed by atoms with Gasteiger partial charge in [-0.2, -0.15) is 0 Å². The van der Waals surface area contributed by atoms with Gasteiger partial charge in [0.05, 0.1) is 43.1 Å². The average Bonchev–Trinajstić information content (AvgIpc) is 2.83. The number of carbonyl (C=O) groups excluding carboxylic acids is 1. The summed E-state index contributed by atoms with van der Waals surface area (Å²) >= 11 is 1.41. The Morgan fingerprint density at radius 3 is 2.53 bits per heavy atom. The van der Waals surface area contributed by atoms with Gasteiger partial charge >= 0.3 is 0 Å². The van der Waals surface area contributed by atoms with Crippen LogP contribution in [0.1, 0.15) is 32.0 Å². The van der Waals surface area contributed by atoms with E-state index >= 15 is 0 Å². The van der Waals surface area contributed by atoms with Crippen molar-refractivity contribution < 1.29 is 19.0 Å². The number of aromatic nitrogens is 2. The number of para-hydroxylation sites is 2. The summed E-state index contributed by atoms with van der Waals surface area (Å²) in [4.78, 5) is 22.7. The number of benzene rings is 2. The van der Waals surface area contributed by atoms with Crippen molar-refractivity contribution in [2.45, 2.75) is 49.7 Å². The summed E-state index contributed by atoms with van der Waals surface area (Å²) in [5.41, 5.74) is 3.11. The maximum Gasteiger partial charge on any atom is 0.237 e. The first-order valence-electron chi connectivity index (χ1n) is 11.1. The summed E-state index contributed by atoms with van der Waals surface area (Å²) in [7, 11) is 3.22. The zero-order chi connectivity index (χ0) is 24.3. The summed E-state index contributed by atoms with van der Waals surface area (Å²) in [6, 6.07) is 15.0. The van der Waals surface area contributed by atoms with Crippen molar-refractivity contribution >= 4 is 23.4 Å². The van der Waals surface area contributed by atoms with E-state index in [4.69, 9.17) is 24.2 Å². The molecule has 2 aromatic carbocycles. The van der Waals surface area contributed by atoms with Gasteiger partial charge in [0.15, 0.2) is 5.82 Å². The zero-order valence-corrected chi connectivity index (χ0v) is 20.9. The molecule has 1 N–H and O–H groups in total. The normalized spacial score (nSPS) is 15.2. The molecule has 34 heavy (non-hydrogen) atoms. The molecule has 0 saturated heterocycles. The van der Waals surface area contributed by atoms with E-state index in [1.165, 1.54) is 11.8 Å². The molecule has 0 bridgehead atoms. The van der Waals surface area contributed by atoms with Crippen molar-refractivity contribution in [1.29, 1.82) is 0 Å². The molecule has 1 aliphatic rings. The van der Waals surface area contributed by atoms with Crippen molar-refractivity contribution in [3.05, 3.63) is 59.8 Å². The third-order valence-corrected chi connectivity index (χ3v) is 6.75. The average molecular weight is 480 g/mol. The Kier molecular flexibility index (Phi) is 7.09. The van der Waals surface area contributed by atoms with E-state index in [1.807, 2.05) is 55.5 Å². The standard InChI is InChI=1S/C26H29N3O4S/c1-16(24(30)28-20-8-6-7-9-22(20)32-5)34-25-19-15-33-26(2,3)14-21(19)27-23(29-25)17-10-12-18(31-4)13-11-17/h6-13,16H,14-15H2,1-5H3,(H,28,30). The van der Waals surface area contributed by atoms with Gasteiger partial charge in [-0.05, 0) is 57.2 Å². The summed E-state index contributed by atoms with van der Waals surface area (Å²) in [5.74, 6) is 1.88. The van der Waals surface area contributed by atoms with E-state index < -0.39 is 5.25 Å². The Hall–Kier alpha value is -3.10. The number of rotatable bonds is 7. The molecule has 1 aliphatic heterocycles. The summed E-state index contributed by atoms with van der Waals surface area (Å²) < 4.78 is 16.7. The van der Waals surface area contributed by atoms with Gasteiger partial charge < -0.3 is 19.5 Å². The lowest BCUT2D eigenvalue weighted by molar-refractivity contribution is -0.115. The Labute approximate surface area is 204 Å². The SMILES string of the molecule is COc1ccc(-c2nc3c(c(SC(C)C(=O)Nc4ccccc4OC)n2)COC(C)(C)C3)cc1. The Morgan fingerprint density at radius 2 is 1.82 bits per heavy atom. The van der Waals surface area contributed by atoms with E-state index in [0.717, 1.165) is 27.6 Å². The van der Waals surface area contributed by atoms with Gasteiger partial charge in [0.1, 0.15) is 16.5 Å². The highest BCUT2D eigenvalue weighted by Crippen LogP contribution is 2.36. The van der Waals surface area contributed by atoms with E-state index in [0.29, 0.717) is 30.3 Å². The van der Waals surface area contributed by atoms with Crippen molar-refractivity contribution in [2.24, 2.45) is 0 Å². The molecule has 0 aliphatic carbocycles. The molecule has 0 fully saturated rings. The minimum atomic E-state index is -0.400. The fraction of sp³-hybridized carbons (Fsp3) is 0.346. The fourth-order valence-corrected chi connectivity index (χ4v) is 4.65. The number of ether oxygens (including phenoxy) is 3. The van der Waals surface area contributed by atoms with E-state index in [1.54, 1.807) is 14.2 Å². The number of nitrogens with one attached hydrogen (secondary N) is 1. The third kappa shape index (κ3) is 5.34. The van der Waals surface area contributed by atoms with Crippen LogP contribution in [0.25, 0.3) is 11.4 Å². The van der Waals surface area contributed by atoms with Crippen LogP contribution in [0.3, 0.4) is 0 Å². The molecule has 1 unspecified atom stereocenters. The van der Waals surface area contributed by atoms with Crippen LogP contribution >= 0.6 is 11.8 Å². The second-order valence-corrected chi connectivity index (χ2v) is 10.0. The minimum Gasteiger partial charge on any atom is -0.497 e. The molecule has 2 heterocycles. The molecule has 4 rings (SSSR count). The van der Waals surface area contributed by atoms with Crippen LogP contribution in [0.4, 0.5) is 5.69 Å². The van der Waals surface area contributed by atoms with Gasteiger partial charge in [-0.15, -0.1) is 0 Å². The molecule has 178 valence electrons. The predicted octanol–water partition coefficient (Wildman–Crippen LogP) is 5.13. The van der Waals surface area contributed by atoms with E-state index in [-0.39, 0.29) is 11.5 Å². The smallest absolute Gasteiger partial charge is 0.237 e. The number of amides is 1. The van der Waals surface area contributed by atoms with E-state index in [2.05, 4.69) is 19.2 Å². The highest BCUT2D eigenvalue weighted by atomic mass is 32.2. The van der Waals surface area contributed by atoms with Crippen molar-refractivity contribution in [3.8, 4) is 22.9 Å². The van der Waals surface area contributed by atoms with Gasteiger partial charge in [-0.1, -0.05) is 23.9 Å². The van der Waals surface area contributed by atoms with Gasteiger partial charge in [0, 0.05) is 17.5 Å². The molecular formula is C26H29N3O4S. The maximum absolute atomic E-state index is 13.0. The van der Waals surface area contributed by atoms with Crippen LogP contribution < -0.4 is 14.8 Å². The molecule has 3 aromatic rings. The monoisotopic (exact) mass is 479 g/mol. The quantitative estimate of drug-likeness (QED) is 0.371. The first-order chi connectivity index (χ1) is 16.3. The van der Waals surface area contributed by atoms with Crippen molar-refractivity contribution in [2.75, 3.05) is 19.5 Å². The molecular weight excluding hydrogens is 450 g/mol. The zero-order valence-electron chi connectivity index (χ0n) is 20.0. The third-order valence-electron chi connectivity index (χ3n) is 5.63. The molecule has 0 radical (unpaired) electrons. The Bertz CT molecular complexity index is 1180. The van der Waals surface area contributed by atoms with Crippen LogP contribution in [0, 0.1) is 0 Å². The number of anilines is 1. The number of hydrogen-bond acceptors (Lipinski definition) is 7. The maximum atomic E-state index is 13.0. The van der Waals surface area contributed by atoms with Crippen LogP contribution in [0.2, 0.25) is 0 Å². The first kappa shape index (κ1) is 24.0. The van der Waals surface area contributed by atoms with Gasteiger partial charge in [-0.25, -0.2) is 9.97 Å². The predicted molar refractivity (Wildman–Crippen MR) is 134 cm³/mol. The Balaban J connectivity index is 1.63. The topological polar surface area (TPSA) is 82.6 Å². The Morgan fingerprint density at radius 1 is 1.09 bits per heavy atom. The molecule has 0 spiro atoms. The van der Waals surface area contributed by atoms with Crippen molar-refractivity contribution in [1.82, 2.24) is 9.97 Å². The number of nitrogens with zero attached hydrogens (tertiary/aromatic N) is 2. The van der Waals surface area contributed by atoms with Gasteiger partial charge in [0.2, 0.25) is 5.91 Å². The molecule has 7 nitrogen and oxygen atoms in total. The number of carbonyl (C=O) groups is 1.